The Labute approximate surface area is 112 Å². The lowest BCUT2D eigenvalue weighted by molar-refractivity contribution is -0.0169. The summed E-state index contributed by atoms with van der Waals surface area (Å²) in [4.78, 5) is 2.41. The standard InChI is InChI=1S/C15H29NO2/c1-13(2)18-12-14(17)11-16-9-7-15(8-10-16)5-3-4-6-15/h13-14,17H,3-12H2,1-2H3. The molecule has 1 atom stereocenters. The monoisotopic (exact) mass is 255 g/mol. The fraction of sp³-hybridized carbons (Fsp3) is 1.00. The first-order valence-corrected chi connectivity index (χ1v) is 7.62. The molecule has 1 N–H and O–H groups in total. The van der Waals surface area contributed by atoms with Crippen molar-refractivity contribution >= 4 is 0 Å². The Balaban J connectivity index is 1.66. The van der Waals surface area contributed by atoms with Crippen molar-refractivity contribution in [2.75, 3.05) is 26.2 Å². The Morgan fingerprint density at radius 1 is 1.11 bits per heavy atom. The predicted molar refractivity (Wildman–Crippen MR) is 73.7 cm³/mol. The van der Waals surface area contributed by atoms with Crippen molar-refractivity contribution in [1.82, 2.24) is 4.90 Å². The second-order valence-corrected chi connectivity index (χ2v) is 6.54. The molecule has 2 fully saturated rings. The maximum absolute atomic E-state index is 9.94. The van der Waals surface area contributed by atoms with Crippen LogP contribution in [0.4, 0.5) is 0 Å². The number of nitrogens with zero attached hydrogens (tertiary/aromatic N) is 1. The maximum atomic E-state index is 9.94. The molecule has 1 unspecified atom stereocenters. The normalized spacial score (nSPS) is 26.0. The third-order valence-electron chi connectivity index (χ3n) is 4.67. The molecule has 106 valence electrons. The van der Waals surface area contributed by atoms with Gasteiger partial charge in [-0.25, -0.2) is 0 Å². The minimum atomic E-state index is -0.329. The highest BCUT2D eigenvalue weighted by molar-refractivity contribution is 4.90. The summed E-state index contributed by atoms with van der Waals surface area (Å²) in [7, 11) is 0. The van der Waals surface area contributed by atoms with Crippen LogP contribution in [0.2, 0.25) is 0 Å². The smallest absolute Gasteiger partial charge is 0.0900 e. The summed E-state index contributed by atoms with van der Waals surface area (Å²) in [6.07, 6.45) is 8.32. The van der Waals surface area contributed by atoms with E-state index in [-0.39, 0.29) is 12.2 Å². The van der Waals surface area contributed by atoms with Gasteiger partial charge >= 0.3 is 0 Å². The molecule has 3 nitrogen and oxygen atoms in total. The van der Waals surface area contributed by atoms with E-state index in [9.17, 15) is 5.11 Å². The van der Waals surface area contributed by atoms with E-state index in [0.29, 0.717) is 12.0 Å². The molecule has 1 heterocycles. The first-order chi connectivity index (χ1) is 8.60. The number of ether oxygens (including phenoxy) is 1. The van der Waals surface area contributed by atoms with E-state index in [0.717, 1.165) is 6.54 Å². The van der Waals surface area contributed by atoms with E-state index in [1.807, 2.05) is 13.8 Å². The van der Waals surface area contributed by atoms with Crippen molar-refractivity contribution < 1.29 is 9.84 Å². The summed E-state index contributed by atoms with van der Waals surface area (Å²) in [6, 6.07) is 0. The van der Waals surface area contributed by atoms with Crippen LogP contribution in [-0.2, 0) is 4.74 Å². The number of β-amino-alcohol motifs (C(OH)–C–C–N with tert-alkyl or cyclic N) is 1. The van der Waals surface area contributed by atoms with E-state index in [1.165, 1.54) is 51.6 Å². The molecule has 0 radical (unpaired) electrons. The second kappa shape index (κ2) is 6.36. The lowest BCUT2D eigenvalue weighted by Crippen LogP contribution is -2.43. The van der Waals surface area contributed by atoms with Gasteiger partial charge in [0, 0.05) is 6.54 Å². The SMILES string of the molecule is CC(C)OCC(O)CN1CCC2(CCCC2)CC1. The zero-order chi connectivity index (χ0) is 13.0. The molecule has 1 aliphatic carbocycles. The largest absolute Gasteiger partial charge is 0.389 e. The number of hydrogen-bond donors (Lipinski definition) is 1. The van der Waals surface area contributed by atoms with Crippen molar-refractivity contribution in [1.29, 1.82) is 0 Å². The molecule has 0 aromatic heterocycles. The Bertz CT molecular complexity index is 239. The molecule has 0 bridgehead atoms. The van der Waals surface area contributed by atoms with Crippen LogP contribution in [0.5, 0.6) is 0 Å². The van der Waals surface area contributed by atoms with Gasteiger partial charge in [-0.15, -0.1) is 0 Å². The summed E-state index contributed by atoms with van der Waals surface area (Å²) in [6.45, 7) is 7.61. The zero-order valence-electron chi connectivity index (χ0n) is 12.0. The summed E-state index contributed by atoms with van der Waals surface area (Å²) in [5, 5.41) is 9.94. The highest BCUT2D eigenvalue weighted by Crippen LogP contribution is 2.45. The van der Waals surface area contributed by atoms with Crippen LogP contribution >= 0.6 is 0 Å². The van der Waals surface area contributed by atoms with Crippen LogP contribution in [-0.4, -0.2) is 48.5 Å². The van der Waals surface area contributed by atoms with E-state index >= 15 is 0 Å². The molecule has 0 aromatic rings. The number of piperidine rings is 1. The van der Waals surface area contributed by atoms with Gasteiger partial charge in [0.05, 0.1) is 18.8 Å². The van der Waals surface area contributed by atoms with Crippen LogP contribution in [0.3, 0.4) is 0 Å². The van der Waals surface area contributed by atoms with Crippen LogP contribution in [0.25, 0.3) is 0 Å². The highest BCUT2D eigenvalue weighted by Gasteiger charge is 2.36. The molecular formula is C15H29NO2. The maximum Gasteiger partial charge on any atom is 0.0900 e. The van der Waals surface area contributed by atoms with Crippen molar-refractivity contribution in [3.05, 3.63) is 0 Å². The zero-order valence-corrected chi connectivity index (χ0v) is 12.0. The van der Waals surface area contributed by atoms with E-state index in [2.05, 4.69) is 4.90 Å². The van der Waals surface area contributed by atoms with Gasteiger partial charge in [-0.1, -0.05) is 12.8 Å². The van der Waals surface area contributed by atoms with Crippen LogP contribution in [0.15, 0.2) is 0 Å². The Hall–Kier alpha value is -0.120. The fourth-order valence-electron chi connectivity index (χ4n) is 3.49. The number of aliphatic hydroxyl groups is 1. The topological polar surface area (TPSA) is 32.7 Å². The predicted octanol–water partition coefficient (Wildman–Crippen LogP) is 2.43. The van der Waals surface area contributed by atoms with Gasteiger partial charge in [0.1, 0.15) is 0 Å². The third kappa shape index (κ3) is 3.94. The average Bonchev–Trinajstić information content (AvgIpc) is 2.79. The molecule has 18 heavy (non-hydrogen) atoms. The summed E-state index contributed by atoms with van der Waals surface area (Å²) in [5.41, 5.74) is 0.676. The molecule has 0 amide bonds. The molecule has 1 saturated heterocycles. The van der Waals surface area contributed by atoms with E-state index in [1.54, 1.807) is 0 Å². The van der Waals surface area contributed by atoms with E-state index < -0.39 is 0 Å². The van der Waals surface area contributed by atoms with Crippen molar-refractivity contribution in [3.63, 3.8) is 0 Å². The number of likely N-dealkylation sites (tertiary alicyclic amines) is 1. The molecule has 0 aromatic carbocycles. The molecule has 1 saturated carbocycles. The summed E-state index contributed by atoms with van der Waals surface area (Å²) < 4.78 is 5.46. The van der Waals surface area contributed by atoms with Gasteiger partial charge in [0.15, 0.2) is 0 Å². The fourth-order valence-corrected chi connectivity index (χ4v) is 3.49. The summed E-state index contributed by atoms with van der Waals surface area (Å²) >= 11 is 0. The van der Waals surface area contributed by atoms with Crippen molar-refractivity contribution in [2.45, 2.75) is 64.6 Å². The van der Waals surface area contributed by atoms with Crippen LogP contribution in [0, 0.1) is 5.41 Å². The van der Waals surface area contributed by atoms with Crippen molar-refractivity contribution in [2.24, 2.45) is 5.41 Å². The highest BCUT2D eigenvalue weighted by atomic mass is 16.5. The van der Waals surface area contributed by atoms with Gasteiger partial charge in [-0.3, -0.25) is 0 Å². The number of hydrogen-bond acceptors (Lipinski definition) is 3. The first-order valence-electron chi connectivity index (χ1n) is 7.62. The minimum Gasteiger partial charge on any atom is -0.389 e. The van der Waals surface area contributed by atoms with Gasteiger partial charge in [-0.2, -0.15) is 0 Å². The second-order valence-electron chi connectivity index (χ2n) is 6.54. The van der Waals surface area contributed by atoms with Gasteiger partial charge in [-0.05, 0) is 58.0 Å². The molecule has 1 spiro atoms. The molecule has 3 heteroatoms. The Kier molecular flexibility index (Phi) is 5.05. The minimum absolute atomic E-state index is 0.211. The van der Waals surface area contributed by atoms with Crippen LogP contribution < -0.4 is 0 Å². The molecular weight excluding hydrogens is 226 g/mol. The van der Waals surface area contributed by atoms with Crippen LogP contribution in [0.1, 0.15) is 52.4 Å². The average molecular weight is 255 g/mol. The lowest BCUT2D eigenvalue weighted by atomic mass is 9.77. The third-order valence-corrected chi connectivity index (χ3v) is 4.67. The first kappa shape index (κ1) is 14.3. The van der Waals surface area contributed by atoms with Crippen molar-refractivity contribution in [3.8, 4) is 0 Å². The number of aliphatic hydroxyl groups excluding tert-OH is 1. The summed E-state index contributed by atoms with van der Waals surface area (Å²) in [5.74, 6) is 0. The van der Waals surface area contributed by atoms with E-state index in [4.69, 9.17) is 4.74 Å². The van der Waals surface area contributed by atoms with Gasteiger partial charge < -0.3 is 14.7 Å². The van der Waals surface area contributed by atoms with Gasteiger partial charge in [0.25, 0.3) is 0 Å². The number of rotatable bonds is 5. The molecule has 1 aliphatic heterocycles. The molecule has 2 rings (SSSR count). The Morgan fingerprint density at radius 2 is 1.72 bits per heavy atom. The molecule has 2 aliphatic rings. The lowest BCUT2D eigenvalue weighted by Gasteiger charge is -2.40. The quantitative estimate of drug-likeness (QED) is 0.819. The van der Waals surface area contributed by atoms with Gasteiger partial charge in [0.2, 0.25) is 0 Å². The Morgan fingerprint density at radius 3 is 2.28 bits per heavy atom.